The highest BCUT2D eigenvalue weighted by atomic mass is 127. The van der Waals surface area contributed by atoms with Gasteiger partial charge >= 0.3 is 0 Å². The van der Waals surface area contributed by atoms with Crippen molar-refractivity contribution in [1.82, 2.24) is 4.98 Å². The van der Waals surface area contributed by atoms with Crippen LogP contribution in [0.15, 0.2) is 18.2 Å². The maximum absolute atomic E-state index is 8.78. The predicted molar refractivity (Wildman–Crippen MR) is 56.6 cm³/mol. The summed E-state index contributed by atoms with van der Waals surface area (Å²) in [5.41, 5.74) is 1.51. The highest BCUT2D eigenvalue weighted by molar-refractivity contribution is 14.2. The lowest BCUT2D eigenvalue weighted by Gasteiger charge is -2.00. The normalized spacial score (nSPS) is 10.2. The summed E-state index contributed by atoms with van der Waals surface area (Å²) in [4.78, 5) is 4.14. The molecule has 0 saturated carbocycles. The largest absolute Gasteiger partial charge is 0.390 e. The van der Waals surface area contributed by atoms with Crippen LogP contribution in [0.1, 0.15) is 11.4 Å². The smallest absolute Gasteiger partial charge is 0.104 e. The molecule has 3 nitrogen and oxygen atoms in total. The second-order valence-electron chi connectivity index (χ2n) is 2.10. The first-order valence-corrected chi connectivity index (χ1v) is 6.61. The first-order valence-electron chi connectivity index (χ1n) is 3.32. The molecular formula is C7H8INO2S. The number of aliphatic hydroxyl groups excluding tert-OH is 1. The van der Waals surface area contributed by atoms with E-state index in [-0.39, 0.29) is 6.61 Å². The lowest BCUT2D eigenvalue weighted by molar-refractivity contribution is 0.275. The van der Waals surface area contributed by atoms with Gasteiger partial charge in [0, 0.05) is 21.2 Å². The Morgan fingerprint density at radius 3 is 2.92 bits per heavy atom. The first-order chi connectivity index (χ1) is 5.86. The van der Waals surface area contributed by atoms with E-state index in [1.54, 1.807) is 6.07 Å². The van der Waals surface area contributed by atoms with Gasteiger partial charge in [-0.2, -0.15) is 0 Å². The number of nitrogens with zero attached hydrogens (tertiary/aromatic N) is 1. The van der Waals surface area contributed by atoms with Crippen LogP contribution in [-0.4, -0.2) is 10.1 Å². The molecule has 1 rings (SSSR count). The number of rotatable bonds is 4. The molecule has 0 radical (unpaired) electrons. The van der Waals surface area contributed by atoms with Gasteiger partial charge in [-0.3, -0.25) is 9.17 Å². The molecule has 0 aliphatic rings. The van der Waals surface area contributed by atoms with E-state index in [2.05, 4.69) is 4.98 Å². The number of hydrogen-bond donors (Lipinski definition) is 1. The van der Waals surface area contributed by atoms with Gasteiger partial charge in [0.1, 0.15) is 6.61 Å². The van der Waals surface area contributed by atoms with Crippen LogP contribution in [0.2, 0.25) is 0 Å². The van der Waals surface area contributed by atoms with Gasteiger partial charge in [0.05, 0.1) is 27.2 Å². The van der Waals surface area contributed by atoms with Gasteiger partial charge < -0.3 is 5.11 Å². The number of aromatic nitrogens is 1. The third kappa shape index (κ3) is 3.26. The highest BCUT2D eigenvalue weighted by Gasteiger charge is 1.96. The summed E-state index contributed by atoms with van der Waals surface area (Å²) in [5, 5.41) is 8.78. The number of halogens is 1. The van der Waals surface area contributed by atoms with Crippen LogP contribution >= 0.6 is 30.4 Å². The molecule has 5 heteroatoms. The van der Waals surface area contributed by atoms with Crippen LogP contribution in [0.25, 0.3) is 0 Å². The summed E-state index contributed by atoms with van der Waals surface area (Å²) in [6.07, 6.45) is 0. The van der Waals surface area contributed by atoms with Crippen molar-refractivity contribution in [2.75, 3.05) is 0 Å². The molecule has 0 saturated heterocycles. The van der Waals surface area contributed by atoms with Crippen LogP contribution < -0.4 is 0 Å². The van der Waals surface area contributed by atoms with Crippen LogP contribution in [0.5, 0.6) is 0 Å². The van der Waals surface area contributed by atoms with E-state index < -0.39 is 0 Å². The molecule has 0 aromatic carbocycles. The van der Waals surface area contributed by atoms with Crippen LogP contribution in [0.4, 0.5) is 0 Å². The van der Waals surface area contributed by atoms with Gasteiger partial charge in [0.15, 0.2) is 0 Å². The van der Waals surface area contributed by atoms with Gasteiger partial charge in [-0.25, -0.2) is 0 Å². The van der Waals surface area contributed by atoms with E-state index in [0.29, 0.717) is 12.3 Å². The second-order valence-corrected chi connectivity index (χ2v) is 3.54. The van der Waals surface area contributed by atoms with Gasteiger partial charge in [-0.1, -0.05) is 6.07 Å². The summed E-state index contributed by atoms with van der Waals surface area (Å²) >= 11 is 2.05. The summed E-state index contributed by atoms with van der Waals surface area (Å²) in [7, 11) is 1.28. The molecule has 12 heavy (non-hydrogen) atoms. The Morgan fingerprint density at radius 2 is 2.25 bits per heavy atom. The van der Waals surface area contributed by atoms with Gasteiger partial charge in [0.25, 0.3) is 0 Å². The minimum absolute atomic E-state index is 0.0226. The lowest BCUT2D eigenvalue weighted by atomic mass is 10.3. The molecule has 1 heterocycles. The third-order valence-corrected chi connectivity index (χ3v) is 2.25. The fourth-order valence-electron chi connectivity index (χ4n) is 0.780. The fourth-order valence-corrected chi connectivity index (χ4v) is 1.33. The Hall–Kier alpha value is 0.150. The van der Waals surface area contributed by atoms with Crippen molar-refractivity contribution >= 4 is 30.4 Å². The Morgan fingerprint density at radius 1 is 1.50 bits per heavy atom. The number of hydrogen-bond acceptors (Lipinski definition) is 4. The van der Waals surface area contributed by atoms with E-state index in [4.69, 9.17) is 9.29 Å². The number of pyridine rings is 1. The zero-order valence-corrected chi connectivity index (χ0v) is 9.21. The van der Waals surface area contributed by atoms with Gasteiger partial charge in [-0.15, -0.1) is 0 Å². The molecule has 66 valence electrons. The molecule has 0 spiro atoms. The van der Waals surface area contributed by atoms with Gasteiger partial charge in [0.2, 0.25) is 0 Å². The molecular weight excluding hydrogens is 289 g/mol. The Bertz CT molecular complexity index is 247. The highest BCUT2D eigenvalue weighted by Crippen LogP contribution is 2.14. The Kier molecular flexibility index (Phi) is 4.89. The monoisotopic (exact) mass is 297 g/mol. The van der Waals surface area contributed by atoms with Crippen LogP contribution in [-0.2, 0) is 17.4 Å². The Balaban J connectivity index is 2.60. The van der Waals surface area contributed by atoms with Crippen molar-refractivity contribution in [3.05, 3.63) is 29.6 Å². The Labute approximate surface area is 87.3 Å². The standard InChI is InChI=1S/C7H8INO2S/c8-12-11-5-7-3-1-2-6(4-10)9-7/h1-3,10H,4-5H2. The fraction of sp³-hybridized carbons (Fsp3) is 0.286. The summed E-state index contributed by atoms with van der Waals surface area (Å²) in [6, 6.07) is 5.50. The topological polar surface area (TPSA) is 42.4 Å². The molecule has 0 amide bonds. The summed E-state index contributed by atoms with van der Waals surface area (Å²) < 4.78 is 5.08. The van der Waals surface area contributed by atoms with E-state index in [1.165, 1.54) is 9.21 Å². The zero-order valence-electron chi connectivity index (χ0n) is 6.24. The van der Waals surface area contributed by atoms with Crippen molar-refractivity contribution in [2.45, 2.75) is 13.2 Å². The van der Waals surface area contributed by atoms with Crippen molar-refractivity contribution in [2.24, 2.45) is 0 Å². The average Bonchev–Trinajstić information content (AvgIpc) is 2.15. The average molecular weight is 297 g/mol. The van der Waals surface area contributed by atoms with E-state index >= 15 is 0 Å². The van der Waals surface area contributed by atoms with Crippen molar-refractivity contribution in [3.63, 3.8) is 0 Å². The summed E-state index contributed by atoms with van der Waals surface area (Å²) in [5.74, 6) is 0. The minimum Gasteiger partial charge on any atom is -0.390 e. The predicted octanol–water partition coefficient (Wildman–Crippen LogP) is 2.09. The minimum atomic E-state index is -0.0226. The first kappa shape index (κ1) is 10.2. The summed E-state index contributed by atoms with van der Waals surface area (Å²) in [6.45, 7) is 0.451. The number of aliphatic hydroxyl groups is 1. The van der Waals surface area contributed by atoms with E-state index in [9.17, 15) is 0 Å². The van der Waals surface area contributed by atoms with Gasteiger partial charge in [-0.05, 0) is 12.1 Å². The molecule has 0 fully saturated rings. The van der Waals surface area contributed by atoms with Crippen molar-refractivity contribution < 1.29 is 9.29 Å². The quantitative estimate of drug-likeness (QED) is 0.682. The molecule has 0 aliphatic carbocycles. The van der Waals surface area contributed by atoms with Crippen molar-refractivity contribution in [3.8, 4) is 0 Å². The molecule has 1 aromatic heterocycles. The van der Waals surface area contributed by atoms with E-state index in [0.717, 1.165) is 5.69 Å². The van der Waals surface area contributed by atoms with Crippen LogP contribution in [0, 0.1) is 0 Å². The maximum Gasteiger partial charge on any atom is 0.104 e. The lowest BCUT2D eigenvalue weighted by Crippen LogP contribution is -1.94. The maximum atomic E-state index is 8.78. The molecule has 0 atom stereocenters. The zero-order chi connectivity index (χ0) is 8.81. The molecule has 1 N–H and O–H groups in total. The molecule has 0 aliphatic heterocycles. The molecule has 0 unspecified atom stereocenters. The van der Waals surface area contributed by atoms with E-state index in [1.807, 2.05) is 33.3 Å². The second kappa shape index (κ2) is 5.74. The molecule has 1 aromatic rings. The SMILES string of the molecule is OCc1cccc(COSI)n1. The third-order valence-electron chi connectivity index (χ3n) is 1.28. The van der Waals surface area contributed by atoms with Crippen molar-refractivity contribution in [1.29, 1.82) is 0 Å². The van der Waals surface area contributed by atoms with Crippen LogP contribution in [0.3, 0.4) is 0 Å². The molecule has 0 bridgehead atoms.